The average molecular weight is 262 g/mol. The van der Waals surface area contributed by atoms with Crippen molar-refractivity contribution < 1.29 is 13.9 Å². The van der Waals surface area contributed by atoms with Gasteiger partial charge >= 0.3 is 5.97 Å². The predicted molar refractivity (Wildman–Crippen MR) is 66.9 cm³/mol. The fraction of sp³-hybridized carbons (Fsp3) is 0.417. The van der Waals surface area contributed by atoms with Gasteiger partial charge in [0.05, 0.1) is 12.6 Å². The molecule has 0 aliphatic heterocycles. The van der Waals surface area contributed by atoms with Gasteiger partial charge in [0.1, 0.15) is 0 Å². The lowest BCUT2D eigenvalue weighted by atomic mass is 10.0. The van der Waals surface area contributed by atoms with Gasteiger partial charge in [-0.15, -0.1) is 12.4 Å². The Hall–Kier alpha value is -1.13. The van der Waals surface area contributed by atoms with Crippen molar-refractivity contribution in [1.29, 1.82) is 0 Å². The van der Waals surface area contributed by atoms with E-state index in [4.69, 9.17) is 5.73 Å². The van der Waals surface area contributed by atoms with E-state index in [1.54, 1.807) is 25.1 Å². The third kappa shape index (κ3) is 4.32. The number of carbonyl (C=O) groups excluding carboxylic acids is 1. The number of alkyl halides is 1. The van der Waals surface area contributed by atoms with Gasteiger partial charge in [-0.25, -0.2) is 9.18 Å². The maximum Gasteiger partial charge on any atom is 0.342 e. The molecule has 2 N–H and O–H groups in total. The molecule has 0 bridgehead atoms. The van der Waals surface area contributed by atoms with E-state index >= 15 is 0 Å². The molecule has 0 aliphatic rings. The molecule has 0 radical (unpaired) electrons. The quantitative estimate of drug-likeness (QED) is 0.847. The van der Waals surface area contributed by atoms with Gasteiger partial charge in [-0.05, 0) is 19.4 Å². The smallest absolute Gasteiger partial charge is 0.342 e. The molecule has 3 nitrogen and oxygen atoms in total. The maximum absolute atomic E-state index is 13.6. The van der Waals surface area contributed by atoms with Gasteiger partial charge < -0.3 is 10.5 Å². The number of ether oxygens (including phenoxy) is 1. The number of esters is 1. The van der Waals surface area contributed by atoms with Gasteiger partial charge in [-0.2, -0.15) is 0 Å². The Labute approximate surface area is 107 Å². The predicted octanol–water partition coefficient (Wildman–Crippen LogP) is 2.32. The molecule has 2 atom stereocenters. The summed E-state index contributed by atoms with van der Waals surface area (Å²) in [6, 6.07) is 6.15. The molecule has 1 unspecified atom stereocenters. The van der Waals surface area contributed by atoms with Crippen LogP contribution in [-0.2, 0) is 9.53 Å². The Morgan fingerprint density at radius 1 is 1.53 bits per heavy atom. The minimum absolute atomic E-state index is 0. The first-order valence-corrected chi connectivity index (χ1v) is 5.19. The molecule has 0 amide bonds. The largest absolute Gasteiger partial charge is 0.464 e. The summed E-state index contributed by atoms with van der Waals surface area (Å²) in [7, 11) is 0. The average Bonchev–Trinajstić information content (AvgIpc) is 2.27. The first-order valence-electron chi connectivity index (χ1n) is 5.19. The molecule has 1 aromatic carbocycles. The van der Waals surface area contributed by atoms with Gasteiger partial charge in [-0.1, -0.05) is 29.8 Å². The number of rotatable bonds is 4. The molecule has 0 aliphatic carbocycles. The highest BCUT2D eigenvalue weighted by Crippen LogP contribution is 2.18. The van der Waals surface area contributed by atoms with Crippen LogP contribution in [0.4, 0.5) is 4.39 Å². The van der Waals surface area contributed by atoms with E-state index in [9.17, 15) is 9.18 Å². The highest BCUT2D eigenvalue weighted by atomic mass is 35.5. The molecular weight excluding hydrogens is 245 g/mol. The van der Waals surface area contributed by atoms with E-state index in [0.717, 1.165) is 5.56 Å². The molecule has 0 aromatic heterocycles. The first kappa shape index (κ1) is 15.9. The Kier molecular flexibility index (Phi) is 6.76. The summed E-state index contributed by atoms with van der Waals surface area (Å²) in [6.07, 6.45) is -1.82. The van der Waals surface area contributed by atoms with Crippen molar-refractivity contribution in [1.82, 2.24) is 0 Å². The van der Waals surface area contributed by atoms with Crippen LogP contribution >= 0.6 is 12.4 Å². The number of benzene rings is 1. The second-order valence-corrected chi connectivity index (χ2v) is 3.59. The summed E-state index contributed by atoms with van der Waals surface area (Å²) in [5.41, 5.74) is 7.24. The molecule has 5 heteroatoms. The van der Waals surface area contributed by atoms with E-state index in [1.165, 1.54) is 0 Å². The molecule has 17 heavy (non-hydrogen) atoms. The highest BCUT2D eigenvalue weighted by molar-refractivity contribution is 5.85. The number of halogens is 2. The molecular formula is C12H17ClFNO2. The number of carbonyl (C=O) groups is 1. The van der Waals surface area contributed by atoms with Crippen molar-refractivity contribution in [2.45, 2.75) is 26.1 Å². The molecule has 0 saturated carbocycles. The monoisotopic (exact) mass is 261 g/mol. The van der Waals surface area contributed by atoms with E-state index in [0.29, 0.717) is 5.56 Å². The minimum Gasteiger partial charge on any atom is -0.464 e. The van der Waals surface area contributed by atoms with Crippen LogP contribution in [0.1, 0.15) is 24.1 Å². The van der Waals surface area contributed by atoms with E-state index in [1.807, 2.05) is 13.0 Å². The lowest BCUT2D eigenvalue weighted by Gasteiger charge is -2.16. The summed E-state index contributed by atoms with van der Waals surface area (Å²) in [5, 5.41) is 0. The van der Waals surface area contributed by atoms with Crippen LogP contribution in [0.15, 0.2) is 24.3 Å². The Balaban J connectivity index is 0.00000256. The zero-order valence-corrected chi connectivity index (χ0v) is 10.7. The summed E-state index contributed by atoms with van der Waals surface area (Å²) in [6.45, 7) is 3.66. The van der Waals surface area contributed by atoms with Crippen LogP contribution < -0.4 is 5.73 Å². The summed E-state index contributed by atoms with van der Waals surface area (Å²) < 4.78 is 18.2. The van der Waals surface area contributed by atoms with Crippen LogP contribution in [0, 0.1) is 6.92 Å². The van der Waals surface area contributed by atoms with Crippen molar-refractivity contribution in [3.8, 4) is 0 Å². The fourth-order valence-corrected chi connectivity index (χ4v) is 1.41. The van der Waals surface area contributed by atoms with Crippen molar-refractivity contribution in [3.63, 3.8) is 0 Å². The zero-order chi connectivity index (χ0) is 12.1. The van der Waals surface area contributed by atoms with Gasteiger partial charge in [0.25, 0.3) is 0 Å². The van der Waals surface area contributed by atoms with Crippen LogP contribution in [0.5, 0.6) is 0 Å². The summed E-state index contributed by atoms with van der Waals surface area (Å²) in [5.74, 6) is -0.906. The second kappa shape index (κ2) is 7.25. The maximum atomic E-state index is 13.6. The summed E-state index contributed by atoms with van der Waals surface area (Å²) >= 11 is 0. The third-order valence-corrected chi connectivity index (χ3v) is 2.25. The Bertz CT molecular complexity index is 373. The van der Waals surface area contributed by atoms with Crippen molar-refractivity contribution >= 4 is 18.4 Å². The Morgan fingerprint density at radius 2 is 2.18 bits per heavy atom. The highest BCUT2D eigenvalue weighted by Gasteiger charge is 2.27. The van der Waals surface area contributed by atoms with Gasteiger partial charge in [0, 0.05) is 0 Å². The molecule has 1 aromatic rings. The standard InChI is InChI=1S/C12H16FNO2.ClH/c1-3-16-12(15)10(13)11(14)9-6-4-5-8(2)7-9;/h4-7,10-11H,3,14H2,1-2H3;1H/t10?,11-;/m0./s1. The van der Waals surface area contributed by atoms with Crippen LogP contribution in [0.25, 0.3) is 0 Å². The van der Waals surface area contributed by atoms with E-state index < -0.39 is 18.2 Å². The first-order chi connectivity index (χ1) is 7.56. The number of nitrogens with two attached hydrogens (primary N) is 1. The van der Waals surface area contributed by atoms with Crippen molar-refractivity contribution in [2.75, 3.05) is 6.61 Å². The molecule has 0 spiro atoms. The van der Waals surface area contributed by atoms with Crippen LogP contribution in [0.3, 0.4) is 0 Å². The third-order valence-electron chi connectivity index (χ3n) is 2.25. The minimum atomic E-state index is -1.82. The second-order valence-electron chi connectivity index (χ2n) is 3.59. The van der Waals surface area contributed by atoms with Gasteiger partial charge in [-0.3, -0.25) is 0 Å². The Morgan fingerprint density at radius 3 is 2.71 bits per heavy atom. The molecule has 0 fully saturated rings. The number of hydrogen-bond donors (Lipinski definition) is 1. The van der Waals surface area contributed by atoms with Crippen molar-refractivity contribution in [3.05, 3.63) is 35.4 Å². The molecule has 96 valence electrons. The van der Waals surface area contributed by atoms with Gasteiger partial charge in [0.2, 0.25) is 6.17 Å². The molecule has 1 rings (SSSR count). The lowest BCUT2D eigenvalue weighted by Crippen LogP contribution is -2.31. The fourth-order valence-electron chi connectivity index (χ4n) is 1.41. The summed E-state index contributed by atoms with van der Waals surface area (Å²) in [4.78, 5) is 11.2. The van der Waals surface area contributed by atoms with Crippen LogP contribution in [0.2, 0.25) is 0 Å². The topological polar surface area (TPSA) is 52.3 Å². The number of hydrogen-bond acceptors (Lipinski definition) is 3. The molecule has 0 saturated heterocycles. The van der Waals surface area contributed by atoms with E-state index in [2.05, 4.69) is 4.74 Å². The van der Waals surface area contributed by atoms with E-state index in [-0.39, 0.29) is 19.0 Å². The lowest BCUT2D eigenvalue weighted by molar-refractivity contribution is -0.149. The zero-order valence-electron chi connectivity index (χ0n) is 9.85. The van der Waals surface area contributed by atoms with Gasteiger partial charge in [0.15, 0.2) is 0 Å². The normalized spacial score (nSPS) is 13.4. The molecule has 0 heterocycles. The SMILES string of the molecule is CCOC(=O)C(F)[C@@H](N)c1cccc(C)c1.Cl. The number of aryl methyl sites for hydroxylation is 1. The van der Waals surface area contributed by atoms with Crippen molar-refractivity contribution in [2.24, 2.45) is 5.73 Å². The van der Waals surface area contributed by atoms with Crippen LogP contribution in [-0.4, -0.2) is 18.7 Å².